The number of aryl methyl sites for hydroxylation is 1. The van der Waals surface area contributed by atoms with Gasteiger partial charge in [0.15, 0.2) is 0 Å². The van der Waals surface area contributed by atoms with Crippen LogP contribution in [0.15, 0.2) is 36.4 Å². The lowest BCUT2D eigenvalue weighted by atomic mass is 9.76. The summed E-state index contributed by atoms with van der Waals surface area (Å²) in [5, 5.41) is 8.67. The zero-order valence-corrected chi connectivity index (χ0v) is 19.3. The number of hydrogen-bond donors (Lipinski definition) is 0. The SMILES string of the molecule is CCCCc1ccc([C@H]2CC[C@H](CCCC[C@H]3CC[C@H](C=CC#N)CC3)CC2)cc1. The minimum atomic E-state index is 0.670. The molecule has 2 saturated carbocycles. The third kappa shape index (κ3) is 7.61. The van der Waals surface area contributed by atoms with Crippen molar-refractivity contribution in [1.29, 1.82) is 5.26 Å². The Morgan fingerprint density at radius 1 is 0.833 bits per heavy atom. The molecule has 30 heavy (non-hydrogen) atoms. The van der Waals surface area contributed by atoms with Crippen LogP contribution in [0.25, 0.3) is 0 Å². The second-order valence-electron chi connectivity index (χ2n) is 10.1. The van der Waals surface area contributed by atoms with E-state index in [0.29, 0.717) is 5.92 Å². The largest absolute Gasteiger partial charge is 0.193 e. The molecule has 2 aliphatic carbocycles. The molecule has 164 valence electrons. The summed E-state index contributed by atoms with van der Waals surface area (Å²) >= 11 is 0. The van der Waals surface area contributed by atoms with E-state index < -0.39 is 0 Å². The van der Waals surface area contributed by atoms with Crippen LogP contribution >= 0.6 is 0 Å². The maximum absolute atomic E-state index is 8.67. The second-order valence-corrected chi connectivity index (χ2v) is 10.1. The highest BCUT2D eigenvalue weighted by atomic mass is 14.3. The van der Waals surface area contributed by atoms with E-state index in [-0.39, 0.29) is 0 Å². The quantitative estimate of drug-likeness (QED) is 0.282. The lowest BCUT2D eigenvalue weighted by Crippen LogP contribution is -2.14. The van der Waals surface area contributed by atoms with Crippen molar-refractivity contribution < 1.29 is 0 Å². The van der Waals surface area contributed by atoms with Crippen LogP contribution in [0.5, 0.6) is 0 Å². The van der Waals surface area contributed by atoms with Crippen LogP contribution in [0.2, 0.25) is 0 Å². The van der Waals surface area contributed by atoms with Gasteiger partial charge < -0.3 is 0 Å². The lowest BCUT2D eigenvalue weighted by molar-refractivity contribution is 0.273. The van der Waals surface area contributed by atoms with E-state index in [4.69, 9.17) is 5.26 Å². The van der Waals surface area contributed by atoms with E-state index in [9.17, 15) is 0 Å². The van der Waals surface area contributed by atoms with Gasteiger partial charge in [-0.1, -0.05) is 69.4 Å². The molecule has 2 aliphatic rings. The molecule has 0 N–H and O–H groups in total. The van der Waals surface area contributed by atoms with Gasteiger partial charge in [0, 0.05) is 6.08 Å². The summed E-state index contributed by atoms with van der Waals surface area (Å²) in [5.41, 5.74) is 3.11. The van der Waals surface area contributed by atoms with Crippen LogP contribution in [-0.4, -0.2) is 0 Å². The minimum absolute atomic E-state index is 0.670. The fraction of sp³-hybridized carbons (Fsp3) is 0.690. The molecule has 0 bridgehead atoms. The Morgan fingerprint density at radius 3 is 2.00 bits per heavy atom. The van der Waals surface area contributed by atoms with Gasteiger partial charge in [-0.15, -0.1) is 0 Å². The Hall–Kier alpha value is -1.55. The van der Waals surface area contributed by atoms with Gasteiger partial charge in [0.05, 0.1) is 6.07 Å². The molecule has 0 unspecified atom stereocenters. The van der Waals surface area contributed by atoms with Crippen molar-refractivity contribution in [3.8, 4) is 6.07 Å². The van der Waals surface area contributed by atoms with E-state index in [1.165, 1.54) is 102 Å². The molecule has 0 atom stereocenters. The Bertz CT molecular complexity index is 649. The van der Waals surface area contributed by atoms with Gasteiger partial charge >= 0.3 is 0 Å². The van der Waals surface area contributed by atoms with E-state index in [0.717, 1.165) is 17.8 Å². The molecule has 0 radical (unpaired) electrons. The van der Waals surface area contributed by atoms with E-state index in [2.05, 4.69) is 43.3 Å². The van der Waals surface area contributed by atoms with Crippen molar-refractivity contribution in [3.05, 3.63) is 47.5 Å². The highest BCUT2D eigenvalue weighted by molar-refractivity contribution is 5.26. The number of nitrogens with zero attached hydrogens (tertiary/aromatic N) is 1. The number of rotatable bonds is 10. The Labute approximate surface area is 186 Å². The Kier molecular flexibility index (Phi) is 10.0. The van der Waals surface area contributed by atoms with Gasteiger partial charge in [0.25, 0.3) is 0 Å². The topological polar surface area (TPSA) is 23.8 Å². The van der Waals surface area contributed by atoms with Crippen LogP contribution < -0.4 is 0 Å². The third-order valence-electron chi connectivity index (χ3n) is 7.93. The van der Waals surface area contributed by atoms with Gasteiger partial charge in [0.1, 0.15) is 0 Å². The van der Waals surface area contributed by atoms with E-state index in [1.807, 2.05) is 0 Å². The summed E-state index contributed by atoms with van der Waals surface area (Å²) in [6, 6.07) is 11.7. The second kappa shape index (κ2) is 13.0. The maximum Gasteiger partial charge on any atom is 0.0908 e. The smallest absolute Gasteiger partial charge is 0.0908 e. The lowest BCUT2D eigenvalue weighted by Gasteiger charge is -2.29. The monoisotopic (exact) mass is 405 g/mol. The molecule has 1 aromatic carbocycles. The summed E-state index contributed by atoms with van der Waals surface area (Å²) in [5.74, 6) is 3.42. The van der Waals surface area contributed by atoms with Gasteiger partial charge in [0.2, 0.25) is 0 Å². The number of benzene rings is 1. The highest BCUT2D eigenvalue weighted by Crippen LogP contribution is 2.38. The van der Waals surface area contributed by atoms with Gasteiger partial charge in [-0.2, -0.15) is 5.26 Å². The van der Waals surface area contributed by atoms with Crippen LogP contribution in [0.4, 0.5) is 0 Å². The molecular weight excluding hydrogens is 362 g/mol. The highest BCUT2D eigenvalue weighted by Gasteiger charge is 2.23. The maximum atomic E-state index is 8.67. The van der Waals surface area contributed by atoms with E-state index in [1.54, 1.807) is 11.6 Å². The molecular formula is C29H43N. The van der Waals surface area contributed by atoms with Crippen LogP contribution in [0, 0.1) is 29.1 Å². The first kappa shape index (κ1) is 23.1. The predicted octanol–water partition coefficient (Wildman–Crippen LogP) is 8.75. The fourth-order valence-electron chi connectivity index (χ4n) is 5.84. The van der Waals surface area contributed by atoms with Crippen molar-refractivity contribution in [2.24, 2.45) is 17.8 Å². The predicted molar refractivity (Wildman–Crippen MR) is 128 cm³/mol. The average molecular weight is 406 g/mol. The molecule has 1 nitrogen and oxygen atoms in total. The molecule has 0 heterocycles. The van der Waals surface area contributed by atoms with Gasteiger partial charge in [-0.05, 0) is 99.0 Å². The summed E-state index contributed by atoms with van der Waals surface area (Å²) < 4.78 is 0. The first-order chi connectivity index (χ1) is 14.8. The molecule has 1 aromatic rings. The molecule has 0 saturated heterocycles. The zero-order valence-electron chi connectivity index (χ0n) is 19.3. The van der Waals surface area contributed by atoms with Crippen molar-refractivity contribution in [2.45, 2.75) is 109 Å². The molecule has 0 amide bonds. The first-order valence-corrected chi connectivity index (χ1v) is 12.9. The van der Waals surface area contributed by atoms with Crippen LogP contribution in [-0.2, 0) is 6.42 Å². The van der Waals surface area contributed by atoms with Crippen LogP contribution in [0.3, 0.4) is 0 Å². The summed E-state index contributed by atoms with van der Waals surface area (Å²) in [6.07, 6.45) is 24.5. The number of nitriles is 1. The first-order valence-electron chi connectivity index (χ1n) is 12.9. The molecule has 3 rings (SSSR count). The molecule has 2 fully saturated rings. The van der Waals surface area contributed by atoms with Gasteiger partial charge in [-0.3, -0.25) is 0 Å². The van der Waals surface area contributed by atoms with E-state index >= 15 is 0 Å². The van der Waals surface area contributed by atoms with Crippen molar-refractivity contribution in [2.75, 3.05) is 0 Å². The van der Waals surface area contributed by atoms with Crippen LogP contribution in [0.1, 0.15) is 114 Å². The Morgan fingerprint density at radius 2 is 1.43 bits per heavy atom. The summed E-state index contributed by atoms with van der Waals surface area (Å²) in [7, 11) is 0. The van der Waals surface area contributed by atoms with Crippen molar-refractivity contribution in [3.63, 3.8) is 0 Å². The third-order valence-corrected chi connectivity index (χ3v) is 7.93. The molecule has 0 aromatic heterocycles. The molecule has 0 aliphatic heterocycles. The average Bonchev–Trinajstić information content (AvgIpc) is 2.81. The normalized spacial score (nSPS) is 27.2. The Balaban J connectivity index is 1.27. The summed E-state index contributed by atoms with van der Waals surface area (Å²) in [4.78, 5) is 0. The number of hydrogen-bond acceptors (Lipinski definition) is 1. The van der Waals surface area contributed by atoms with Crippen molar-refractivity contribution >= 4 is 0 Å². The number of unbranched alkanes of at least 4 members (excludes halogenated alkanes) is 2. The summed E-state index contributed by atoms with van der Waals surface area (Å²) in [6.45, 7) is 2.27. The molecule has 0 spiro atoms. The van der Waals surface area contributed by atoms with Gasteiger partial charge in [-0.25, -0.2) is 0 Å². The molecule has 1 heteroatoms. The fourth-order valence-corrected chi connectivity index (χ4v) is 5.84. The number of allylic oxidation sites excluding steroid dienone is 2. The van der Waals surface area contributed by atoms with Crippen molar-refractivity contribution in [1.82, 2.24) is 0 Å². The standard InChI is InChI=1S/C29H43N/c1-2-3-7-24-15-19-28(20-16-24)29-21-17-26(18-22-29)9-5-4-8-25-11-13-27(14-12-25)10-6-23-30/h6,10,15-16,19-20,25-27,29H,2-5,7-9,11-14,17-18,21-22H2,1H3/t25-,26-,27-,29-. The minimum Gasteiger partial charge on any atom is -0.193 e. The zero-order chi connectivity index (χ0) is 21.0.